The van der Waals surface area contributed by atoms with Gasteiger partial charge in [0.2, 0.25) is 5.91 Å². The molecule has 0 aliphatic carbocycles. The first-order valence-corrected chi connectivity index (χ1v) is 15.8. The van der Waals surface area contributed by atoms with Gasteiger partial charge in [0.15, 0.2) is 11.3 Å². The topological polar surface area (TPSA) is 75.5 Å². The number of morpholine rings is 2. The summed E-state index contributed by atoms with van der Waals surface area (Å²) in [7, 11) is 1.86. The minimum atomic E-state index is -0.0483. The molecular formula is C34H35N3O5S. The first-order chi connectivity index (χ1) is 21.0. The average molecular weight is 598 g/mol. The Morgan fingerprint density at radius 3 is 2.51 bits per heavy atom. The van der Waals surface area contributed by atoms with E-state index in [4.69, 9.17) is 13.9 Å². The fourth-order valence-corrected chi connectivity index (χ4v) is 7.43. The van der Waals surface area contributed by atoms with Gasteiger partial charge >= 0.3 is 0 Å². The SMILES string of the molecule is CCC1COCCN1CC(=O)N(C)c1ccc2sc3c(-c4cccc5c(=O)cc(N6CCOCC6)oc45)cccc3c2c1. The van der Waals surface area contributed by atoms with Crippen molar-refractivity contribution >= 4 is 60.0 Å². The smallest absolute Gasteiger partial charge is 0.240 e. The van der Waals surface area contributed by atoms with E-state index in [0.717, 1.165) is 50.0 Å². The highest BCUT2D eigenvalue weighted by molar-refractivity contribution is 7.26. The first-order valence-electron chi connectivity index (χ1n) is 15.0. The number of ether oxygens (including phenoxy) is 2. The lowest BCUT2D eigenvalue weighted by Crippen LogP contribution is -2.49. The zero-order chi connectivity index (χ0) is 29.5. The molecule has 1 amide bonds. The zero-order valence-electron chi connectivity index (χ0n) is 24.5. The van der Waals surface area contributed by atoms with Crippen LogP contribution in [0.5, 0.6) is 0 Å². The van der Waals surface area contributed by atoms with Gasteiger partial charge in [-0.1, -0.05) is 37.3 Å². The Kier molecular flexibility index (Phi) is 7.65. The molecule has 4 heterocycles. The molecule has 2 aliphatic heterocycles. The van der Waals surface area contributed by atoms with E-state index in [9.17, 15) is 9.59 Å². The van der Waals surface area contributed by atoms with Crippen molar-refractivity contribution in [2.75, 3.05) is 69.5 Å². The second-order valence-electron chi connectivity index (χ2n) is 11.3. The van der Waals surface area contributed by atoms with Crippen LogP contribution in [0.1, 0.15) is 13.3 Å². The van der Waals surface area contributed by atoms with Crippen LogP contribution >= 0.6 is 11.3 Å². The molecule has 0 spiro atoms. The minimum absolute atomic E-state index is 0.0483. The quantitative estimate of drug-likeness (QED) is 0.247. The van der Waals surface area contributed by atoms with E-state index in [1.165, 1.54) is 0 Å². The van der Waals surface area contributed by atoms with Crippen LogP contribution in [0.15, 0.2) is 69.9 Å². The van der Waals surface area contributed by atoms with E-state index < -0.39 is 0 Å². The molecule has 8 nitrogen and oxygen atoms in total. The Morgan fingerprint density at radius 2 is 1.70 bits per heavy atom. The summed E-state index contributed by atoms with van der Waals surface area (Å²) in [6.07, 6.45) is 0.959. The molecule has 2 aromatic heterocycles. The number of benzene rings is 3. The molecule has 3 aromatic carbocycles. The maximum Gasteiger partial charge on any atom is 0.240 e. The molecule has 2 saturated heterocycles. The number of hydrogen-bond donors (Lipinski definition) is 0. The van der Waals surface area contributed by atoms with Crippen LogP contribution < -0.4 is 15.2 Å². The number of anilines is 2. The van der Waals surface area contributed by atoms with E-state index in [1.807, 2.05) is 31.3 Å². The Balaban J connectivity index is 1.26. The summed E-state index contributed by atoms with van der Waals surface area (Å²) in [6.45, 7) is 7.23. The molecule has 43 heavy (non-hydrogen) atoms. The number of thiophene rings is 1. The van der Waals surface area contributed by atoms with Crippen molar-refractivity contribution in [1.82, 2.24) is 4.90 Å². The van der Waals surface area contributed by atoms with E-state index in [-0.39, 0.29) is 17.4 Å². The average Bonchev–Trinajstić information content (AvgIpc) is 3.43. The molecule has 0 radical (unpaired) electrons. The van der Waals surface area contributed by atoms with Crippen molar-refractivity contribution in [3.05, 3.63) is 70.9 Å². The Bertz CT molecular complexity index is 1880. The molecule has 1 unspecified atom stereocenters. The number of likely N-dealkylation sites (N-methyl/N-ethyl adjacent to an activating group) is 1. The summed E-state index contributed by atoms with van der Waals surface area (Å²) in [4.78, 5) is 32.6. The van der Waals surface area contributed by atoms with Crippen LogP contribution in [-0.2, 0) is 14.3 Å². The van der Waals surface area contributed by atoms with Crippen molar-refractivity contribution in [3.63, 3.8) is 0 Å². The lowest BCUT2D eigenvalue weighted by Gasteiger charge is -2.35. The number of fused-ring (bicyclic) bond motifs is 4. The maximum atomic E-state index is 13.3. The van der Waals surface area contributed by atoms with Crippen LogP contribution in [0.3, 0.4) is 0 Å². The standard InChI is InChI=1S/C34H35N3O5S/c1-3-22-21-41-17-14-37(22)20-31(39)35(2)23-10-11-30-28(18-23)26-8-5-7-25(34(26)43-30)24-6-4-9-27-29(38)19-32(42-33(24)27)36-12-15-40-16-13-36/h4-11,18-19,22H,3,12-17,20-21H2,1-2H3. The zero-order valence-corrected chi connectivity index (χ0v) is 25.3. The Labute approximate surface area is 254 Å². The second kappa shape index (κ2) is 11.7. The van der Waals surface area contributed by atoms with Gasteiger partial charge in [0, 0.05) is 75.8 Å². The number of carbonyl (C=O) groups excluding carboxylic acids is 1. The van der Waals surface area contributed by atoms with Crippen molar-refractivity contribution < 1.29 is 18.7 Å². The molecule has 7 rings (SSSR count). The van der Waals surface area contributed by atoms with Gasteiger partial charge in [0.1, 0.15) is 5.58 Å². The van der Waals surface area contributed by atoms with Crippen LogP contribution in [0.25, 0.3) is 42.3 Å². The Morgan fingerprint density at radius 1 is 0.930 bits per heavy atom. The fraction of sp³-hybridized carbons (Fsp3) is 0.353. The van der Waals surface area contributed by atoms with Gasteiger partial charge in [-0.15, -0.1) is 11.3 Å². The molecule has 0 saturated carbocycles. The molecule has 9 heteroatoms. The second-order valence-corrected chi connectivity index (χ2v) is 12.3. The van der Waals surface area contributed by atoms with E-state index in [0.29, 0.717) is 62.9 Å². The molecule has 0 bridgehead atoms. The molecule has 2 fully saturated rings. The normalized spacial score (nSPS) is 18.1. The summed E-state index contributed by atoms with van der Waals surface area (Å²) >= 11 is 1.72. The van der Waals surface area contributed by atoms with Crippen molar-refractivity contribution in [1.29, 1.82) is 0 Å². The third-order valence-electron chi connectivity index (χ3n) is 8.76. The first kappa shape index (κ1) is 28.0. The molecular weight excluding hydrogens is 562 g/mol. The number of nitrogens with zero attached hydrogens (tertiary/aromatic N) is 3. The van der Waals surface area contributed by atoms with Gasteiger partial charge in [-0.25, -0.2) is 0 Å². The van der Waals surface area contributed by atoms with Crippen LogP contribution in [0.4, 0.5) is 11.6 Å². The highest BCUT2D eigenvalue weighted by atomic mass is 32.1. The van der Waals surface area contributed by atoms with Crippen LogP contribution in [0.2, 0.25) is 0 Å². The Hall–Kier alpha value is -3.76. The summed E-state index contributed by atoms with van der Waals surface area (Å²) < 4.78 is 19.8. The molecule has 222 valence electrons. The summed E-state index contributed by atoms with van der Waals surface area (Å²) in [5.74, 6) is 0.651. The van der Waals surface area contributed by atoms with E-state index in [1.54, 1.807) is 22.3 Å². The number of para-hydroxylation sites is 1. The van der Waals surface area contributed by atoms with Crippen molar-refractivity contribution in [2.45, 2.75) is 19.4 Å². The van der Waals surface area contributed by atoms with Crippen molar-refractivity contribution in [2.24, 2.45) is 0 Å². The number of hydrogen-bond acceptors (Lipinski definition) is 8. The lowest BCUT2D eigenvalue weighted by atomic mass is 10.0. The minimum Gasteiger partial charge on any atom is -0.440 e. The summed E-state index contributed by atoms with van der Waals surface area (Å²) in [5, 5.41) is 2.79. The summed E-state index contributed by atoms with van der Waals surface area (Å²) in [6, 6.07) is 20.2. The molecule has 2 aliphatic rings. The van der Waals surface area contributed by atoms with Crippen molar-refractivity contribution in [3.8, 4) is 11.1 Å². The highest BCUT2D eigenvalue weighted by Crippen LogP contribution is 2.43. The third kappa shape index (κ3) is 5.20. The number of rotatable bonds is 6. The molecule has 1 atom stereocenters. The largest absolute Gasteiger partial charge is 0.440 e. The summed E-state index contributed by atoms with van der Waals surface area (Å²) in [5.41, 5.74) is 3.34. The third-order valence-corrected chi connectivity index (χ3v) is 9.98. The van der Waals surface area contributed by atoms with Crippen LogP contribution in [-0.4, -0.2) is 76.5 Å². The fourth-order valence-electron chi connectivity index (χ4n) is 6.22. The predicted octanol–water partition coefficient (Wildman–Crippen LogP) is 5.74. The monoisotopic (exact) mass is 597 g/mol. The highest BCUT2D eigenvalue weighted by Gasteiger charge is 2.25. The van der Waals surface area contributed by atoms with E-state index >= 15 is 0 Å². The van der Waals surface area contributed by atoms with Gasteiger partial charge < -0.3 is 23.7 Å². The molecule has 5 aromatic rings. The van der Waals surface area contributed by atoms with Gasteiger partial charge in [-0.05, 0) is 30.7 Å². The number of carbonyl (C=O) groups is 1. The maximum absolute atomic E-state index is 13.3. The van der Waals surface area contributed by atoms with Crippen LogP contribution in [0, 0.1) is 0 Å². The van der Waals surface area contributed by atoms with E-state index in [2.05, 4.69) is 47.1 Å². The van der Waals surface area contributed by atoms with Gasteiger partial charge in [-0.2, -0.15) is 0 Å². The lowest BCUT2D eigenvalue weighted by molar-refractivity contribution is -0.121. The van der Waals surface area contributed by atoms with Gasteiger partial charge in [0.25, 0.3) is 0 Å². The van der Waals surface area contributed by atoms with Gasteiger partial charge in [0.05, 0.1) is 38.4 Å². The van der Waals surface area contributed by atoms with Gasteiger partial charge in [-0.3, -0.25) is 14.5 Å². The molecule has 0 N–H and O–H groups in total. The predicted molar refractivity (Wildman–Crippen MR) is 174 cm³/mol. The number of amides is 1.